The molecule has 2 aliphatic rings. The predicted octanol–water partition coefficient (Wildman–Crippen LogP) is 3.03. The van der Waals surface area contributed by atoms with Crippen LogP contribution in [0.4, 0.5) is 0 Å². The van der Waals surface area contributed by atoms with Gasteiger partial charge in [0.1, 0.15) is 5.71 Å². The Labute approximate surface area is 113 Å². The zero-order valence-electron chi connectivity index (χ0n) is 10.9. The summed E-state index contributed by atoms with van der Waals surface area (Å²) in [5, 5.41) is 4.18. The highest BCUT2D eigenvalue weighted by Crippen LogP contribution is 2.27. The quantitative estimate of drug-likeness (QED) is 0.810. The second-order valence-corrected chi connectivity index (χ2v) is 5.25. The summed E-state index contributed by atoms with van der Waals surface area (Å²) in [5.41, 5.74) is 5.13. The monoisotopic (exact) mass is 254 g/mol. The van der Waals surface area contributed by atoms with Gasteiger partial charge in [0.25, 0.3) is 5.91 Å². The van der Waals surface area contributed by atoms with Gasteiger partial charge in [-0.2, -0.15) is 5.10 Å². The summed E-state index contributed by atoms with van der Waals surface area (Å²) in [6.07, 6.45) is 8.39. The van der Waals surface area contributed by atoms with E-state index in [2.05, 4.69) is 16.6 Å². The fourth-order valence-corrected chi connectivity index (χ4v) is 2.84. The number of hydrogen-bond acceptors (Lipinski definition) is 2. The normalized spacial score (nSPS) is 22.4. The smallest absolute Gasteiger partial charge is 0.267 e. The van der Waals surface area contributed by atoms with Gasteiger partial charge in [-0.25, -0.2) is 5.43 Å². The average Bonchev–Trinajstić information content (AvgIpc) is 2.82. The zero-order valence-corrected chi connectivity index (χ0v) is 10.9. The third kappa shape index (κ3) is 2.60. The molecule has 1 aliphatic carbocycles. The van der Waals surface area contributed by atoms with Crippen molar-refractivity contribution in [2.45, 2.75) is 32.1 Å². The van der Waals surface area contributed by atoms with Crippen LogP contribution in [-0.2, 0) is 4.79 Å². The topological polar surface area (TPSA) is 41.5 Å². The lowest BCUT2D eigenvalue weighted by atomic mass is 9.86. The lowest BCUT2D eigenvalue weighted by Crippen LogP contribution is -2.16. The van der Waals surface area contributed by atoms with E-state index in [1.54, 1.807) is 0 Å². The van der Waals surface area contributed by atoms with Crippen LogP contribution in [0.2, 0.25) is 0 Å². The maximum Gasteiger partial charge on any atom is 0.273 e. The molecule has 0 radical (unpaired) electrons. The first-order chi connectivity index (χ1) is 9.34. The summed E-state index contributed by atoms with van der Waals surface area (Å²) in [6, 6.07) is 9.90. The van der Waals surface area contributed by atoms with Gasteiger partial charge >= 0.3 is 0 Å². The molecular weight excluding hydrogens is 236 g/mol. The fourth-order valence-electron chi connectivity index (χ4n) is 2.84. The number of amides is 1. The van der Waals surface area contributed by atoms with Crippen LogP contribution in [0.15, 0.2) is 47.1 Å². The van der Waals surface area contributed by atoms with E-state index >= 15 is 0 Å². The molecule has 3 nitrogen and oxygen atoms in total. The molecule has 98 valence electrons. The average molecular weight is 254 g/mol. The summed E-state index contributed by atoms with van der Waals surface area (Å²) in [5.74, 6) is 0.464. The first-order valence-electron chi connectivity index (χ1n) is 7.00. The molecule has 1 heterocycles. The number of carbonyl (C=O) groups is 1. The van der Waals surface area contributed by atoms with Crippen molar-refractivity contribution in [3.05, 3.63) is 47.5 Å². The van der Waals surface area contributed by atoms with Gasteiger partial charge in [0.05, 0.1) is 5.57 Å². The molecular formula is C16H18N2O. The molecule has 0 atom stereocenters. The first-order valence-corrected chi connectivity index (χ1v) is 7.00. The van der Waals surface area contributed by atoms with E-state index in [0.717, 1.165) is 16.8 Å². The van der Waals surface area contributed by atoms with E-state index < -0.39 is 0 Å². The number of hydrogen-bond donors (Lipinski definition) is 1. The Balaban J connectivity index is 1.88. The number of nitrogens with zero attached hydrogens (tertiary/aromatic N) is 1. The highest BCUT2D eigenvalue weighted by molar-refractivity contribution is 6.30. The summed E-state index contributed by atoms with van der Waals surface area (Å²) in [6.45, 7) is 0. The lowest BCUT2D eigenvalue weighted by Gasteiger charge is -2.18. The molecule has 0 spiro atoms. The van der Waals surface area contributed by atoms with Crippen molar-refractivity contribution in [3.8, 4) is 0 Å². The van der Waals surface area contributed by atoms with Crippen molar-refractivity contribution < 1.29 is 4.79 Å². The molecule has 19 heavy (non-hydrogen) atoms. The molecule has 0 aromatic heterocycles. The van der Waals surface area contributed by atoms with Gasteiger partial charge in [0.15, 0.2) is 0 Å². The van der Waals surface area contributed by atoms with Crippen LogP contribution >= 0.6 is 0 Å². The van der Waals surface area contributed by atoms with Crippen LogP contribution in [0.5, 0.6) is 0 Å². The Bertz CT molecular complexity index is 525. The highest BCUT2D eigenvalue weighted by atomic mass is 16.2. The van der Waals surface area contributed by atoms with Crippen LogP contribution in [0.25, 0.3) is 0 Å². The number of hydrazone groups is 1. The van der Waals surface area contributed by atoms with Gasteiger partial charge < -0.3 is 0 Å². The van der Waals surface area contributed by atoms with Crippen LogP contribution in [0.1, 0.15) is 37.7 Å². The molecule has 0 saturated heterocycles. The zero-order chi connectivity index (χ0) is 13.1. The largest absolute Gasteiger partial charge is 0.273 e. The SMILES string of the molecule is O=C1NN=C(c2ccccc2)C1=CC1CCCCC1. The number of benzene rings is 1. The maximum atomic E-state index is 11.9. The van der Waals surface area contributed by atoms with Crippen LogP contribution in [-0.4, -0.2) is 11.6 Å². The van der Waals surface area contributed by atoms with Crippen molar-refractivity contribution in [3.63, 3.8) is 0 Å². The van der Waals surface area contributed by atoms with Crippen LogP contribution in [0.3, 0.4) is 0 Å². The molecule has 0 unspecified atom stereocenters. The van der Waals surface area contributed by atoms with Gasteiger partial charge in [-0.15, -0.1) is 0 Å². The summed E-state index contributed by atoms with van der Waals surface area (Å²) >= 11 is 0. The van der Waals surface area contributed by atoms with Gasteiger partial charge in [0.2, 0.25) is 0 Å². The Kier molecular flexibility index (Phi) is 3.45. The van der Waals surface area contributed by atoms with Gasteiger partial charge in [-0.05, 0) is 18.8 Å². The minimum atomic E-state index is -0.0653. The molecule has 1 fully saturated rings. The summed E-state index contributed by atoms with van der Waals surface area (Å²) in [7, 11) is 0. The van der Waals surface area contributed by atoms with Crippen molar-refractivity contribution in [2.24, 2.45) is 11.0 Å². The minimum absolute atomic E-state index is 0.0653. The molecule has 1 aliphatic heterocycles. The third-order valence-electron chi connectivity index (χ3n) is 3.87. The molecule has 1 N–H and O–H groups in total. The number of allylic oxidation sites excluding steroid dienone is 1. The number of nitrogens with one attached hydrogen (secondary N) is 1. The molecule has 1 saturated carbocycles. The lowest BCUT2D eigenvalue weighted by molar-refractivity contribution is -0.116. The van der Waals surface area contributed by atoms with Gasteiger partial charge in [-0.3, -0.25) is 4.79 Å². The Morgan fingerprint density at radius 1 is 1.11 bits per heavy atom. The third-order valence-corrected chi connectivity index (χ3v) is 3.87. The summed E-state index contributed by atoms with van der Waals surface area (Å²) in [4.78, 5) is 11.9. The van der Waals surface area contributed by atoms with Crippen molar-refractivity contribution in [1.82, 2.24) is 5.43 Å². The molecule has 1 aromatic rings. The second-order valence-electron chi connectivity index (χ2n) is 5.25. The summed E-state index contributed by atoms with van der Waals surface area (Å²) < 4.78 is 0. The van der Waals surface area contributed by atoms with Crippen molar-refractivity contribution in [1.29, 1.82) is 0 Å². The number of carbonyl (C=O) groups excluding carboxylic acids is 1. The Morgan fingerprint density at radius 3 is 2.58 bits per heavy atom. The minimum Gasteiger partial charge on any atom is -0.267 e. The van der Waals surface area contributed by atoms with Crippen LogP contribution < -0.4 is 5.43 Å². The molecule has 0 bridgehead atoms. The fraction of sp³-hybridized carbons (Fsp3) is 0.375. The Morgan fingerprint density at radius 2 is 1.84 bits per heavy atom. The number of rotatable bonds is 2. The molecule has 1 aromatic carbocycles. The predicted molar refractivity (Wildman–Crippen MR) is 75.8 cm³/mol. The van der Waals surface area contributed by atoms with Crippen molar-refractivity contribution >= 4 is 11.6 Å². The van der Waals surface area contributed by atoms with E-state index in [1.165, 1.54) is 32.1 Å². The molecule has 3 rings (SSSR count). The van der Waals surface area contributed by atoms with E-state index in [0.29, 0.717) is 5.92 Å². The van der Waals surface area contributed by atoms with E-state index in [1.807, 2.05) is 30.3 Å². The first kappa shape index (κ1) is 12.2. The standard InChI is InChI=1S/C16H18N2O/c19-16-14(11-12-7-3-1-4-8-12)15(17-18-16)13-9-5-2-6-10-13/h2,5-6,9-12H,1,3-4,7-8H2,(H,18,19). The molecule has 1 amide bonds. The van der Waals surface area contributed by atoms with Gasteiger partial charge in [-0.1, -0.05) is 55.7 Å². The van der Waals surface area contributed by atoms with Gasteiger partial charge in [0, 0.05) is 5.56 Å². The second kappa shape index (κ2) is 5.39. The van der Waals surface area contributed by atoms with Crippen molar-refractivity contribution in [2.75, 3.05) is 0 Å². The van der Waals surface area contributed by atoms with Crippen LogP contribution in [0, 0.1) is 5.92 Å². The molecule has 3 heteroatoms. The highest BCUT2D eigenvalue weighted by Gasteiger charge is 2.25. The van der Waals surface area contributed by atoms with E-state index in [4.69, 9.17) is 0 Å². The Hall–Kier alpha value is -1.90. The van der Waals surface area contributed by atoms with E-state index in [9.17, 15) is 4.79 Å². The van der Waals surface area contributed by atoms with E-state index in [-0.39, 0.29) is 5.91 Å². The maximum absolute atomic E-state index is 11.9.